The van der Waals surface area contributed by atoms with E-state index >= 15 is 0 Å². The summed E-state index contributed by atoms with van der Waals surface area (Å²) in [5.41, 5.74) is 7.91. The number of aromatic nitrogens is 2. The second-order valence-electron chi connectivity index (χ2n) is 4.13. The van der Waals surface area contributed by atoms with Crippen LogP contribution in [0.3, 0.4) is 0 Å². The van der Waals surface area contributed by atoms with Crippen molar-refractivity contribution < 1.29 is 9.18 Å². The van der Waals surface area contributed by atoms with Crippen molar-refractivity contribution in [1.82, 2.24) is 15.5 Å². The third-order valence-electron chi connectivity index (χ3n) is 2.82. The lowest BCUT2D eigenvalue weighted by Gasteiger charge is -2.04. The summed E-state index contributed by atoms with van der Waals surface area (Å²) in [5.74, 6) is -0.656. The quantitative estimate of drug-likeness (QED) is 0.783. The highest BCUT2D eigenvalue weighted by Crippen LogP contribution is 2.14. The molecule has 2 rings (SSSR count). The van der Waals surface area contributed by atoms with Crippen molar-refractivity contribution in [3.05, 3.63) is 47.0 Å². The Morgan fingerprint density at radius 3 is 2.68 bits per heavy atom. The van der Waals surface area contributed by atoms with Gasteiger partial charge in [-0.2, -0.15) is 5.10 Å². The molecule has 1 aromatic carbocycles. The zero-order valence-electron chi connectivity index (χ0n) is 10.5. The molecule has 0 radical (unpaired) electrons. The molecule has 1 amide bonds. The molecule has 0 bridgehead atoms. The van der Waals surface area contributed by atoms with Crippen LogP contribution in [0.4, 0.5) is 10.1 Å². The first-order chi connectivity index (χ1) is 9.11. The maximum atomic E-state index is 12.7. The van der Waals surface area contributed by atoms with Crippen LogP contribution in [0.1, 0.15) is 28.7 Å². The average molecular weight is 262 g/mol. The molecule has 0 fully saturated rings. The second-order valence-corrected chi connectivity index (χ2v) is 4.13. The minimum Gasteiger partial charge on any atom is -0.395 e. The van der Waals surface area contributed by atoms with E-state index in [1.165, 1.54) is 12.1 Å². The summed E-state index contributed by atoms with van der Waals surface area (Å²) in [6.45, 7) is 2.22. The molecule has 2 aromatic rings. The summed E-state index contributed by atoms with van der Waals surface area (Å²) < 4.78 is 12.7. The van der Waals surface area contributed by atoms with E-state index in [1.54, 1.807) is 12.1 Å². The Morgan fingerprint density at radius 2 is 2.11 bits per heavy atom. The van der Waals surface area contributed by atoms with Crippen molar-refractivity contribution in [3.63, 3.8) is 0 Å². The van der Waals surface area contributed by atoms with E-state index in [0.717, 1.165) is 11.3 Å². The zero-order chi connectivity index (χ0) is 13.8. The van der Waals surface area contributed by atoms with Crippen LogP contribution < -0.4 is 11.1 Å². The normalized spacial score (nSPS) is 10.4. The van der Waals surface area contributed by atoms with E-state index in [2.05, 4.69) is 15.5 Å². The third kappa shape index (κ3) is 2.90. The van der Waals surface area contributed by atoms with Gasteiger partial charge >= 0.3 is 0 Å². The molecular weight excluding hydrogens is 247 g/mol. The number of aromatic amines is 1. The fourth-order valence-corrected chi connectivity index (χ4v) is 1.70. The Labute approximate surface area is 110 Å². The van der Waals surface area contributed by atoms with Crippen LogP contribution in [0.2, 0.25) is 0 Å². The summed E-state index contributed by atoms with van der Waals surface area (Å²) >= 11 is 0. The number of aryl methyl sites for hydroxylation is 1. The summed E-state index contributed by atoms with van der Waals surface area (Å²) in [4.78, 5) is 11.9. The summed E-state index contributed by atoms with van der Waals surface area (Å²) in [7, 11) is 0. The molecule has 1 heterocycles. The number of benzene rings is 1. The largest absolute Gasteiger partial charge is 0.395 e. The van der Waals surface area contributed by atoms with Crippen molar-refractivity contribution in [2.75, 3.05) is 5.73 Å². The molecule has 0 aliphatic heterocycles. The molecule has 0 aliphatic carbocycles. The van der Waals surface area contributed by atoms with Gasteiger partial charge in [-0.3, -0.25) is 9.89 Å². The van der Waals surface area contributed by atoms with Crippen molar-refractivity contribution >= 4 is 11.6 Å². The van der Waals surface area contributed by atoms with Gasteiger partial charge in [-0.1, -0.05) is 19.1 Å². The van der Waals surface area contributed by atoms with Gasteiger partial charge in [0.2, 0.25) is 0 Å². The number of H-pyrrole nitrogens is 1. The van der Waals surface area contributed by atoms with Gasteiger partial charge in [0.05, 0.1) is 11.4 Å². The summed E-state index contributed by atoms with van der Waals surface area (Å²) in [6, 6.07) is 5.92. The predicted molar refractivity (Wildman–Crippen MR) is 69.9 cm³/mol. The fraction of sp³-hybridized carbons (Fsp3) is 0.231. The minimum atomic E-state index is -0.349. The van der Waals surface area contributed by atoms with Crippen LogP contribution in [0, 0.1) is 5.82 Å². The Morgan fingerprint density at radius 1 is 1.42 bits per heavy atom. The molecule has 0 unspecified atom stereocenters. The number of carbonyl (C=O) groups is 1. The number of hydrogen-bond donors (Lipinski definition) is 3. The Kier molecular flexibility index (Phi) is 3.79. The number of carbonyl (C=O) groups excluding carboxylic acids is 1. The van der Waals surface area contributed by atoms with Gasteiger partial charge in [0, 0.05) is 6.54 Å². The Hall–Kier alpha value is -2.37. The second kappa shape index (κ2) is 5.51. The number of nitrogens with one attached hydrogen (secondary N) is 2. The first kappa shape index (κ1) is 13.1. The van der Waals surface area contributed by atoms with Crippen LogP contribution in [0.5, 0.6) is 0 Å². The van der Waals surface area contributed by atoms with Gasteiger partial charge < -0.3 is 11.1 Å². The molecule has 100 valence electrons. The number of rotatable bonds is 4. The lowest BCUT2D eigenvalue weighted by Crippen LogP contribution is -2.24. The van der Waals surface area contributed by atoms with Crippen molar-refractivity contribution in [2.24, 2.45) is 0 Å². The molecule has 0 aliphatic rings. The van der Waals surface area contributed by atoms with Gasteiger partial charge in [-0.25, -0.2) is 4.39 Å². The Balaban J connectivity index is 2.01. The van der Waals surface area contributed by atoms with Crippen LogP contribution in [0.15, 0.2) is 24.3 Å². The topological polar surface area (TPSA) is 83.8 Å². The highest BCUT2D eigenvalue weighted by Gasteiger charge is 2.15. The van der Waals surface area contributed by atoms with Crippen LogP contribution >= 0.6 is 0 Å². The van der Waals surface area contributed by atoms with E-state index in [-0.39, 0.29) is 17.4 Å². The number of amides is 1. The van der Waals surface area contributed by atoms with Crippen LogP contribution in [-0.2, 0) is 13.0 Å². The summed E-state index contributed by atoms with van der Waals surface area (Å²) in [6.07, 6.45) is 0.685. The predicted octanol–water partition coefficient (Wildman–Crippen LogP) is 1.62. The molecule has 0 saturated heterocycles. The van der Waals surface area contributed by atoms with Crippen molar-refractivity contribution in [3.8, 4) is 0 Å². The molecule has 0 atom stereocenters. The smallest absolute Gasteiger partial charge is 0.274 e. The lowest BCUT2D eigenvalue weighted by molar-refractivity contribution is 0.0947. The molecule has 6 heteroatoms. The number of halogens is 1. The molecule has 1 aromatic heterocycles. The number of nitrogen functional groups attached to an aromatic ring is 1. The van der Waals surface area contributed by atoms with E-state index in [0.29, 0.717) is 18.7 Å². The number of nitrogens with zero attached hydrogens (tertiary/aromatic N) is 1. The third-order valence-corrected chi connectivity index (χ3v) is 2.82. The van der Waals surface area contributed by atoms with E-state index < -0.39 is 0 Å². The van der Waals surface area contributed by atoms with E-state index in [4.69, 9.17) is 5.73 Å². The molecule has 0 saturated carbocycles. The average Bonchev–Trinajstić information content (AvgIpc) is 2.79. The fourth-order valence-electron chi connectivity index (χ4n) is 1.70. The molecule has 4 N–H and O–H groups in total. The maximum Gasteiger partial charge on any atom is 0.274 e. The van der Waals surface area contributed by atoms with Gasteiger partial charge in [-0.15, -0.1) is 0 Å². The van der Waals surface area contributed by atoms with E-state index in [9.17, 15) is 9.18 Å². The van der Waals surface area contributed by atoms with Gasteiger partial charge in [-0.05, 0) is 24.1 Å². The SMILES string of the molecule is CCc1[nH]nc(C(=O)NCc2ccc(F)cc2)c1N. The first-order valence-corrected chi connectivity index (χ1v) is 5.97. The van der Waals surface area contributed by atoms with Crippen LogP contribution in [0.25, 0.3) is 0 Å². The first-order valence-electron chi connectivity index (χ1n) is 5.97. The number of nitrogens with two attached hydrogens (primary N) is 1. The highest BCUT2D eigenvalue weighted by atomic mass is 19.1. The van der Waals surface area contributed by atoms with Crippen molar-refractivity contribution in [1.29, 1.82) is 0 Å². The summed E-state index contributed by atoms with van der Waals surface area (Å²) in [5, 5.41) is 9.30. The standard InChI is InChI=1S/C13H15FN4O/c1-2-10-11(15)12(18-17-10)13(19)16-7-8-3-5-9(14)6-4-8/h3-6H,2,7,15H2,1H3,(H,16,19)(H,17,18). The zero-order valence-corrected chi connectivity index (χ0v) is 10.5. The Bertz CT molecular complexity index is 577. The minimum absolute atomic E-state index is 0.193. The highest BCUT2D eigenvalue weighted by molar-refractivity contribution is 5.97. The van der Waals surface area contributed by atoms with Gasteiger partial charge in [0.25, 0.3) is 5.91 Å². The molecule has 5 nitrogen and oxygen atoms in total. The monoisotopic (exact) mass is 262 g/mol. The number of anilines is 1. The molecule has 19 heavy (non-hydrogen) atoms. The lowest BCUT2D eigenvalue weighted by atomic mass is 10.2. The molecular formula is C13H15FN4O. The van der Waals surface area contributed by atoms with E-state index in [1.807, 2.05) is 6.92 Å². The number of hydrogen-bond acceptors (Lipinski definition) is 3. The molecule has 0 spiro atoms. The maximum absolute atomic E-state index is 12.7. The van der Waals surface area contributed by atoms with Crippen LogP contribution in [-0.4, -0.2) is 16.1 Å². The van der Waals surface area contributed by atoms with Gasteiger partial charge in [0.1, 0.15) is 5.82 Å². The van der Waals surface area contributed by atoms with Gasteiger partial charge in [0.15, 0.2) is 5.69 Å². The van der Waals surface area contributed by atoms with Crippen molar-refractivity contribution in [2.45, 2.75) is 19.9 Å².